The van der Waals surface area contributed by atoms with E-state index >= 15 is 0 Å². The minimum atomic E-state index is -0.341. The Balaban J connectivity index is 1.79. The van der Waals surface area contributed by atoms with Crippen molar-refractivity contribution >= 4 is 17.5 Å². The van der Waals surface area contributed by atoms with Crippen LogP contribution in [0.25, 0.3) is 0 Å². The molecular formula is C17H26N4O2. The van der Waals surface area contributed by atoms with Crippen LogP contribution in [0.2, 0.25) is 0 Å². The summed E-state index contributed by atoms with van der Waals surface area (Å²) in [6.45, 7) is 5.38. The summed E-state index contributed by atoms with van der Waals surface area (Å²) < 4.78 is 0. The number of nitrogens with one attached hydrogen (secondary N) is 2. The molecule has 2 rings (SSSR count). The first-order valence-electron chi connectivity index (χ1n) is 8.14. The molecule has 4 N–H and O–H groups in total. The van der Waals surface area contributed by atoms with Gasteiger partial charge in [-0.15, -0.1) is 0 Å². The smallest absolute Gasteiger partial charge is 0.243 e. The van der Waals surface area contributed by atoms with Crippen molar-refractivity contribution in [3.63, 3.8) is 0 Å². The molecule has 0 bridgehead atoms. The van der Waals surface area contributed by atoms with E-state index < -0.39 is 0 Å². The molecule has 1 saturated heterocycles. The highest BCUT2D eigenvalue weighted by molar-refractivity contribution is 5.94. The number of hydrogen-bond donors (Lipinski definition) is 3. The van der Waals surface area contributed by atoms with Crippen LogP contribution in [0.4, 0.5) is 5.69 Å². The lowest BCUT2D eigenvalue weighted by Gasteiger charge is -2.30. The van der Waals surface area contributed by atoms with Crippen molar-refractivity contribution in [3.05, 3.63) is 29.8 Å². The number of nitrogens with two attached hydrogens (primary N) is 1. The topological polar surface area (TPSA) is 87.5 Å². The van der Waals surface area contributed by atoms with Crippen LogP contribution in [0.15, 0.2) is 24.3 Å². The second kappa shape index (κ2) is 8.64. The van der Waals surface area contributed by atoms with Crippen LogP contribution in [-0.2, 0) is 16.1 Å². The van der Waals surface area contributed by atoms with Crippen molar-refractivity contribution in [1.29, 1.82) is 0 Å². The standard InChI is InChI=1S/C17H26N4O2/c1-13-3-2-8-21(11-13)12-14-4-6-15(7-5-14)20-17(23)10-19-16(22)9-18/h4-7,13H,2-3,8-12,18H2,1H3,(H,19,22)(H,20,23). The lowest BCUT2D eigenvalue weighted by Crippen LogP contribution is -2.36. The number of likely N-dealkylation sites (tertiary alicyclic amines) is 1. The van der Waals surface area contributed by atoms with Crippen molar-refractivity contribution in [2.75, 3.05) is 31.5 Å². The summed E-state index contributed by atoms with van der Waals surface area (Å²) in [4.78, 5) is 25.2. The van der Waals surface area contributed by atoms with Gasteiger partial charge in [-0.2, -0.15) is 0 Å². The Morgan fingerprint density at radius 3 is 2.65 bits per heavy atom. The number of amides is 2. The molecule has 6 nitrogen and oxygen atoms in total. The summed E-state index contributed by atoms with van der Waals surface area (Å²) in [6.07, 6.45) is 2.59. The second-order valence-corrected chi connectivity index (χ2v) is 6.21. The van der Waals surface area contributed by atoms with Crippen LogP contribution >= 0.6 is 0 Å². The number of hydrogen-bond acceptors (Lipinski definition) is 4. The van der Waals surface area contributed by atoms with Gasteiger partial charge in [0.2, 0.25) is 11.8 Å². The van der Waals surface area contributed by atoms with Gasteiger partial charge in [-0.3, -0.25) is 14.5 Å². The van der Waals surface area contributed by atoms with Gasteiger partial charge in [0.05, 0.1) is 13.1 Å². The van der Waals surface area contributed by atoms with Crippen molar-refractivity contribution in [3.8, 4) is 0 Å². The maximum absolute atomic E-state index is 11.7. The molecule has 0 saturated carbocycles. The summed E-state index contributed by atoms with van der Waals surface area (Å²) in [5.74, 6) is 0.168. The number of piperidine rings is 1. The molecule has 0 radical (unpaired) electrons. The van der Waals surface area contributed by atoms with E-state index in [4.69, 9.17) is 5.73 Å². The number of benzene rings is 1. The van der Waals surface area contributed by atoms with Gasteiger partial charge < -0.3 is 16.4 Å². The minimum absolute atomic E-state index is 0.0660. The molecule has 1 aliphatic heterocycles. The van der Waals surface area contributed by atoms with E-state index in [0.29, 0.717) is 0 Å². The van der Waals surface area contributed by atoms with Gasteiger partial charge in [0.1, 0.15) is 0 Å². The van der Waals surface area contributed by atoms with Gasteiger partial charge in [-0.05, 0) is 43.0 Å². The van der Waals surface area contributed by atoms with Crippen LogP contribution in [-0.4, -0.2) is 42.9 Å². The van der Waals surface area contributed by atoms with Crippen molar-refractivity contribution in [1.82, 2.24) is 10.2 Å². The molecule has 0 aromatic heterocycles. The first-order valence-corrected chi connectivity index (χ1v) is 8.14. The molecule has 1 unspecified atom stereocenters. The van der Waals surface area contributed by atoms with Crippen LogP contribution in [0.1, 0.15) is 25.3 Å². The van der Waals surface area contributed by atoms with E-state index in [9.17, 15) is 9.59 Å². The predicted molar refractivity (Wildman–Crippen MR) is 90.8 cm³/mol. The largest absolute Gasteiger partial charge is 0.346 e. The molecule has 23 heavy (non-hydrogen) atoms. The fraction of sp³-hybridized carbons (Fsp3) is 0.529. The molecule has 1 aromatic rings. The van der Waals surface area contributed by atoms with E-state index in [1.165, 1.54) is 18.4 Å². The summed E-state index contributed by atoms with van der Waals surface area (Å²) in [6, 6.07) is 7.86. The summed E-state index contributed by atoms with van der Waals surface area (Å²) >= 11 is 0. The van der Waals surface area contributed by atoms with E-state index in [-0.39, 0.29) is 24.9 Å². The molecule has 6 heteroatoms. The highest BCUT2D eigenvalue weighted by Crippen LogP contribution is 2.18. The summed E-state index contributed by atoms with van der Waals surface area (Å²) in [7, 11) is 0. The lowest BCUT2D eigenvalue weighted by molar-refractivity contribution is -0.123. The van der Waals surface area contributed by atoms with Gasteiger partial charge in [-0.25, -0.2) is 0 Å². The zero-order chi connectivity index (χ0) is 16.7. The third kappa shape index (κ3) is 6.00. The van der Waals surface area contributed by atoms with Crippen LogP contribution in [0.3, 0.4) is 0 Å². The average molecular weight is 318 g/mol. The first-order chi connectivity index (χ1) is 11.1. The Bertz CT molecular complexity index is 530. The van der Waals surface area contributed by atoms with E-state index in [1.807, 2.05) is 24.3 Å². The SMILES string of the molecule is CC1CCCN(Cc2ccc(NC(=O)CNC(=O)CN)cc2)C1. The molecule has 126 valence electrons. The quantitative estimate of drug-likeness (QED) is 0.728. The molecule has 1 fully saturated rings. The normalized spacial score (nSPS) is 18.4. The third-order valence-electron chi connectivity index (χ3n) is 4.02. The van der Waals surface area contributed by atoms with Crippen molar-refractivity contribution in [2.45, 2.75) is 26.3 Å². The number of nitrogens with zero attached hydrogens (tertiary/aromatic N) is 1. The monoisotopic (exact) mass is 318 g/mol. The highest BCUT2D eigenvalue weighted by Gasteiger charge is 2.16. The highest BCUT2D eigenvalue weighted by atomic mass is 16.2. The maximum atomic E-state index is 11.7. The Kier molecular flexibility index (Phi) is 6.55. The molecule has 0 aliphatic carbocycles. The van der Waals surface area contributed by atoms with Gasteiger partial charge in [0.25, 0.3) is 0 Å². The average Bonchev–Trinajstić information content (AvgIpc) is 2.54. The predicted octanol–water partition coefficient (Wildman–Crippen LogP) is 0.932. The van der Waals surface area contributed by atoms with Gasteiger partial charge in [-0.1, -0.05) is 19.1 Å². The van der Waals surface area contributed by atoms with Crippen LogP contribution < -0.4 is 16.4 Å². The third-order valence-corrected chi connectivity index (χ3v) is 4.02. The maximum Gasteiger partial charge on any atom is 0.243 e. The number of carbonyl (C=O) groups is 2. The van der Waals surface area contributed by atoms with E-state index in [1.54, 1.807) is 0 Å². The van der Waals surface area contributed by atoms with Gasteiger partial charge in [0, 0.05) is 18.8 Å². The molecule has 1 heterocycles. The molecule has 1 aromatic carbocycles. The fourth-order valence-electron chi connectivity index (χ4n) is 2.84. The number of anilines is 1. The first kappa shape index (κ1) is 17.4. The van der Waals surface area contributed by atoms with E-state index in [2.05, 4.69) is 22.5 Å². The van der Waals surface area contributed by atoms with Gasteiger partial charge in [0.15, 0.2) is 0 Å². The Morgan fingerprint density at radius 2 is 2.00 bits per heavy atom. The molecule has 1 aliphatic rings. The summed E-state index contributed by atoms with van der Waals surface area (Å²) in [5, 5.41) is 5.19. The molecule has 0 spiro atoms. The van der Waals surface area contributed by atoms with Crippen LogP contribution in [0.5, 0.6) is 0 Å². The van der Waals surface area contributed by atoms with Crippen molar-refractivity contribution in [2.24, 2.45) is 11.7 Å². The molecule has 2 amide bonds. The Hall–Kier alpha value is -1.92. The van der Waals surface area contributed by atoms with Gasteiger partial charge >= 0.3 is 0 Å². The Labute approximate surface area is 137 Å². The zero-order valence-electron chi connectivity index (χ0n) is 13.7. The minimum Gasteiger partial charge on any atom is -0.346 e. The number of rotatable bonds is 6. The Morgan fingerprint density at radius 1 is 1.26 bits per heavy atom. The molecular weight excluding hydrogens is 292 g/mol. The van der Waals surface area contributed by atoms with Crippen molar-refractivity contribution < 1.29 is 9.59 Å². The number of carbonyl (C=O) groups excluding carboxylic acids is 2. The lowest BCUT2D eigenvalue weighted by atomic mass is 10.00. The van der Waals surface area contributed by atoms with Crippen LogP contribution in [0, 0.1) is 5.92 Å². The second-order valence-electron chi connectivity index (χ2n) is 6.21. The van der Waals surface area contributed by atoms with E-state index in [0.717, 1.165) is 31.2 Å². The molecule has 1 atom stereocenters. The fourth-order valence-corrected chi connectivity index (χ4v) is 2.84. The zero-order valence-corrected chi connectivity index (χ0v) is 13.7. The summed E-state index contributed by atoms with van der Waals surface area (Å²) in [5.41, 5.74) is 7.14.